The van der Waals surface area contributed by atoms with Gasteiger partial charge in [0, 0.05) is 11.9 Å². The predicted octanol–water partition coefficient (Wildman–Crippen LogP) is 5.22. The van der Waals surface area contributed by atoms with Gasteiger partial charge in [-0.25, -0.2) is 0 Å². The second kappa shape index (κ2) is 8.19. The lowest BCUT2D eigenvalue weighted by molar-refractivity contribution is -0.137. The average molecular weight is 428 g/mol. The molecule has 152 valence electrons. The molecule has 1 N–H and O–H groups in total. The molecule has 2 aromatic carbocycles. The van der Waals surface area contributed by atoms with Crippen molar-refractivity contribution < 1.29 is 18.0 Å². The number of hydrogen-bond acceptors (Lipinski definition) is 4. The molecule has 0 saturated carbocycles. The molecule has 0 unspecified atom stereocenters. The van der Waals surface area contributed by atoms with Crippen LogP contribution in [0.2, 0.25) is 0 Å². The first-order valence-electron chi connectivity index (χ1n) is 8.91. The molecule has 1 atom stereocenters. The van der Waals surface area contributed by atoms with Crippen molar-refractivity contribution in [3.8, 4) is 0 Å². The summed E-state index contributed by atoms with van der Waals surface area (Å²) in [5.74, 6) is -0.460. The number of thioether (sulfide) groups is 1. The van der Waals surface area contributed by atoms with Crippen molar-refractivity contribution in [2.75, 3.05) is 5.32 Å². The number of rotatable bonds is 5. The normalized spacial score (nSPS) is 12.6. The topological polar surface area (TPSA) is 59.3 Å². The van der Waals surface area contributed by atoms with E-state index < -0.39 is 22.9 Å². The van der Waals surface area contributed by atoms with Crippen LogP contribution in [0.5, 0.6) is 0 Å². The highest BCUT2D eigenvalue weighted by Gasteiger charge is 2.31. The van der Waals surface area contributed by atoms with Gasteiger partial charge in [0.1, 0.15) is 5.25 Å². The van der Waals surface area contributed by atoms with Gasteiger partial charge < -0.3 is 5.32 Å². The van der Waals surface area contributed by atoms with E-state index in [2.05, 4.69) is 15.5 Å². The van der Waals surface area contributed by atoms with Crippen LogP contribution >= 0.6 is 11.8 Å². The summed E-state index contributed by atoms with van der Waals surface area (Å²) >= 11 is 1.17. The number of alkyl halides is 3. The first kappa shape index (κ1) is 20.0. The van der Waals surface area contributed by atoms with Gasteiger partial charge in [0.15, 0.2) is 10.8 Å². The average Bonchev–Trinajstić information content (AvgIpc) is 3.15. The predicted molar refractivity (Wildman–Crippen MR) is 108 cm³/mol. The Morgan fingerprint density at radius 1 is 0.967 bits per heavy atom. The van der Waals surface area contributed by atoms with Gasteiger partial charge in [0.25, 0.3) is 0 Å². The number of carbonyl (C=O) groups is 1. The molecule has 0 saturated heterocycles. The number of aromatic nitrogens is 3. The van der Waals surface area contributed by atoms with Gasteiger partial charge >= 0.3 is 6.18 Å². The number of carbonyl (C=O) groups excluding carboxylic acids is 1. The Kier molecular flexibility index (Phi) is 5.45. The van der Waals surface area contributed by atoms with E-state index in [0.29, 0.717) is 16.4 Å². The Balaban J connectivity index is 1.64. The van der Waals surface area contributed by atoms with E-state index in [1.165, 1.54) is 23.9 Å². The van der Waals surface area contributed by atoms with Crippen LogP contribution in [0, 0.1) is 0 Å². The maximum atomic E-state index is 13.1. The van der Waals surface area contributed by atoms with Crippen LogP contribution in [0.25, 0.3) is 5.65 Å². The van der Waals surface area contributed by atoms with Crippen molar-refractivity contribution in [1.82, 2.24) is 14.6 Å². The minimum absolute atomic E-state index is 0.0717. The van der Waals surface area contributed by atoms with E-state index in [-0.39, 0.29) is 5.69 Å². The Morgan fingerprint density at radius 2 is 1.73 bits per heavy atom. The summed E-state index contributed by atoms with van der Waals surface area (Å²) in [6.07, 6.45) is -2.71. The molecule has 0 fully saturated rings. The van der Waals surface area contributed by atoms with Crippen molar-refractivity contribution in [1.29, 1.82) is 0 Å². The van der Waals surface area contributed by atoms with E-state index in [9.17, 15) is 18.0 Å². The van der Waals surface area contributed by atoms with Crippen molar-refractivity contribution in [2.24, 2.45) is 0 Å². The number of benzene rings is 2. The first-order valence-corrected chi connectivity index (χ1v) is 9.79. The van der Waals surface area contributed by atoms with Gasteiger partial charge in [-0.3, -0.25) is 9.20 Å². The summed E-state index contributed by atoms with van der Waals surface area (Å²) in [5.41, 5.74) is 0.569. The SMILES string of the molecule is O=C(Nc1cccc(C(F)(F)F)c1)[C@@H](Sc1nnc2ccccn12)c1ccccc1. The van der Waals surface area contributed by atoms with Crippen LogP contribution in [0.3, 0.4) is 0 Å². The van der Waals surface area contributed by atoms with E-state index in [4.69, 9.17) is 0 Å². The van der Waals surface area contributed by atoms with Crippen LogP contribution < -0.4 is 5.32 Å². The number of pyridine rings is 1. The number of anilines is 1. The smallest absolute Gasteiger partial charge is 0.325 e. The maximum absolute atomic E-state index is 13.1. The molecule has 1 amide bonds. The van der Waals surface area contributed by atoms with Crippen molar-refractivity contribution in [2.45, 2.75) is 16.6 Å². The fraction of sp³-hybridized carbons (Fsp3) is 0.0952. The Hall–Kier alpha value is -3.33. The van der Waals surface area contributed by atoms with Crippen molar-refractivity contribution in [3.63, 3.8) is 0 Å². The first-order chi connectivity index (χ1) is 14.4. The lowest BCUT2D eigenvalue weighted by atomic mass is 10.1. The van der Waals surface area contributed by atoms with Crippen LogP contribution in [0.1, 0.15) is 16.4 Å². The van der Waals surface area contributed by atoms with E-state index >= 15 is 0 Å². The Bertz CT molecular complexity index is 1180. The molecule has 9 heteroatoms. The van der Waals surface area contributed by atoms with E-state index in [1.54, 1.807) is 40.9 Å². The minimum Gasteiger partial charge on any atom is -0.325 e. The number of fused-ring (bicyclic) bond motifs is 1. The quantitative estimate of drug-likeness (QED) is 0.443. The standard InChI is InChI=1S/C21H15F3N4OS/c22-21(23,24)15-9-6-10-16(13-15)25-19(29)18(14-7-2-1-3-8-14)30-20-27-26-17-11-4-5-12-28(17)20/h1-13,18H,(H,25,29)/t18-/m0/s1. The molecule has 4 rings (SSSR count). The zero-order chi connectivity index (χ0) is 21.1. The molecular formula is C21H15F3N4OS. The lowest BCUT2D eigenvalue weighted by Gasteiger charge is -2.17. The summed E-state index contributed by atoms with van der Waals surface area (Å²) in [4.78, 5) is 13.1. The third-order valence-corrected chi connectivity index (χ3v) is 5.51. The number of halogens is 3. The largest absolute Gasteiger partial charge is 0.416 e. The summed E-state index contributed by atoms with van der Waals surface area (Å²) in [7, 11) is 0. The molecular weight excluding hydrogens is 413 g/mol. The molecule has 0 radical (unpaired) electrons. The van der Waals surface area contributed by atoms with Gasteiger partial charge in [-0.2, -0.15) is 13.2 Å². The maximum Gasteiger partial charge on any atom is 0.416 e. The molecule has 0 spiro atoms. The van der Waals surface area contributed by atoms with Gasteiger partial charge in [-0.1, -0.05) is 54.2 Å². The molecule has 4 aromatic rings. The van der Waals surface area contributed by atoms with Gasteiger partial charge in [-0.15, -0.1) is 10.2 Å². The summed E-state index contributed by atoms with van der Waals surface area (Å²) in [5, 5.41) is 10.6. The summed E-state index contributed by atoms with van der Waals surface area (Å²) in [6, 6.07) is 19.0. The number of nitrogens with zero attached hydrogens (tertiary/aromatic N) is 3. The fourth-order valence-electron chi connectivity index (χ4n) is 2.89. The van der Waals surface area contributed by atoms with Crippen molar-refractivity contribution in [3.05, 3.63) is 90.1 Å². The van der Waals surface area contributed by atoms with Crippen LogP contribution in [-0.2, 0) is 11.0 Å². The third-order valence-electron chi connectivity index (χ3n) is 4.30. The van der Waals surface area contributed by atoms with Gasteiger partial charge in [0.05, 0.1) is 5.56 Å². The molecule has 0 bridgehead atoms. The second-order valence-electron chi connectivity index (χ2n) is 6.39. The Labute approximate surface area is 173 Å². The fourth-order valence-corrected chi connectivity index (χ4v) is 3.91. The third kappa shape index (κ3) is 4.30. The summed E-state index contributed by atoms with van der Waals surface area (Å²) < 4.78 is 40.7. The molecule has 2 heterocycles. The zero-order valence-electron chi connectivity index (χ0n) is 15.4. The number of amides is 1. The Morgan fingerprint density at radius 3 is 2.50 bits per heavy atom. The van der Waals surface area contributed by atoms with Gasteiger partial charge in [0.2, 0.25) is 5.91 Å². The highest BCUT2D eigenvalue weighted by molar-refractivity contribution is 8.00. The van der Waals surface area contributed by atoms with Crippen LogP contribution in [0.15, 0.2) is 84.1 Å². The van der Waals surface area contributed by atoms with Crippen molar-refractivity contribution >= 4 is 29.0 Å². The van der Waals surface area contributed by atoms with Gasteiger partial charge in [-0.05, 0) is 35.9 Å². The lowest BCUT2D eigenvalue weighted by Crippen LogP contribution is -2.19. The molecule has 2 aromatic heterocycles. The zero-order valence-corrected chi connectivity index (χ0v) is 16.2. The molecule has 30 heavy (non-hydrogen) atoms. The highest BCUT2D eigenvalue weighted by Crippen LogP contribution is 2.36. The second-order valence-corrected chi connectivity index (χ2v) is 7.46. The number of hydrogen-bond donors (Lipinski definition) is 1. The van der Waals surface area contributed by atoms with Crippen LogP contribution in [0.4, 0.5) is 18.9 Å². The molecule has 0 aliphatic carbocycles. The van der Waals surface area contributed by atoms with E-state index in [0.717, 1.165) is 12.1 Å². The minimum atomic E-state index is -4.49. The molecule has 5 nitrogen and oxygen atoms in total. The highest BCUT2D eigenvalue weighted by atomic mass is 32.2. The monoisotopic (exact) mass is 428 g/mol. The van der Waals surface area contributed by atoms with Crippen LogP contribution in [-0.4, -0.2) is 20.5 Å². The molecule has 0 aliphatic heterocycles. The summed E-state index contributed by atoms with van der Waals surface area (Å²) in [6.45, 7) is 0. The molecule has 0 aliphatic rings. The van der Waals surface area contributed by atoms with E-state index in [1.807, 2.05) is 18.2 Å². The number of nitrogens with one attached hydrogen (secondary N) is 1.